The zero-order valence-electron chi connectivity index (χ0n) is 12.2. The number of hydrogen-bond acceptors (Lipinski definition) is 6. The average Bonchev–Trinajstić information content (AvgIpc) is 3.11. The van der Waals surface area contributed by atoms with E-state index in [0.717, 1.165) is 0 Å². The Bertz CT molecular complexity index is 799. The fraction of sp³-hybridized carbons (Fsp3) is 0.308. The SMILES string of the molecule is Cc1ncn(-c2ccc(N3C[C@H](CN=[N+]=N)OC3=O)cc2F)n1. The Labute approximate surface area is 129 Å². The molecule has 118 valence electrons. The van der Waals surface area contributed by atoms with Crippen molar-refractivity contribution >= 4 is 11.8 Å². The van der Waals surface area contributed by atoms with Crippen molar-refractivity contribution in [3.63, 3.8) is 0 Å². The van der Waals surface area contributed by atoms with E-state index < -0.39 is 18.0 Å². The topological polar surface area (TPSA) is 111 Å². The molecule has 1 aromatic heterocycles. The van der Waals surface area contributed by atoms with E-state index in [4.69, 9.17) is 10.3 Å². The Kier molecular flexibility index (Phi) is 3.82. The molecule has 0 aliphatic carbocycles. The van der Waals surface area contributed by atoms with Gasteiger partial charge in [-0.25, -0.2) is 18.9 Å². The summed E-state index contributed by atoms with van der Waals surface area (Å²) in [7, 11) is 0. The molecule has 1 aliphatic heterocycles. The van der Waals surface area contributed by atoms with Gasteiger partial charge in [0.1, 0.15) is 34.6 Å². The highest BCUT2D eigenvalue weighted by atomic mass is 19.1. The zero-order valence-corrected chi connectivity index (χ0v) is 12.2. The van der Waals surface area contributed by atoms with E-state index >= 15 is 0 Å². The summed E-state index contributed by atoms with van der Waals surface area (Å²) in [5.41, 5.74) is 7.22. The largest absolute Gasteiger partial charge is 0.442 e. The summed E-state index contributed by atoms with van der Waals surface area (Å²) >= 11 is 0. The maximum atomic E-state index is 14.3. The third-order valence-corrected chi connectivity index (χ3v) is 3.33. The molecule has 3 rings (SSSR count). The molecule has 10 heteroatoms. The minimum atomic E-state index is -0.584. The highest BCUT2D eigenvalue weighted by molar-refractivity contribution is 5.89. The number of nitrogens with one attached hydrogen (secondary N) is 1. The molecule has 1 fully saturated rings. The summed E-state index contributed by atoms with van der Waals surface area (Å²) < 4.78 is 20.7. The maximum Gasteiger partial charge on any atom is 0.414 e. The van der Waals surface area contributed by atoms with Crippen LogP contribution in [0.3, 0.4) is 0 Å². The fourth-order valence-corrected chi connectivity index (χ4v) is 2.27. The number of cyclic esters (lactones) is 1. The number of anilines is 1. The van der Waals surface area contributed by atoms with Gasteiger partial charge in [-0.05, 0) is 25.1 Å². The summed E-state index contributed by atoms with van der Waals surface area (Å²) in [5, 5.41) is 7.53. The predicted octanol–water partition coefficient (Wildman–Crippen LogP) is 1.59. The monoisotopic (exact) mass is 318 g/mol. The van der Waals surface area contributed by atoms with Crippen LogP contribution in [-0.4, -0.2) is 40.1 Å². The van der Waals surface area contributed by atoms with Crippen molar-refractivity contribution in [2.75, 3.05) is 18.0 Å². The van der Waals surface area contributed by atoms with Crippen LogP contribution < -0.4 is 9.81 Å². The van der Waals surface area contributed by atoms with E-state index in [0.29, 0.717) is 11.5 Å². The second-order valence-electron chi connectivity index (χ2n) is 4.91. The molecular formula is C13H13FN7O2+. The highest BCUT2D eigenvalue weighted by Gasteiger charge is 2.33. The van der Waals surface area contributed by atoms with Gasteiger partial charge in [-0.3, -0.25) is 4.90 Å². The predicted molar refractivity (Wildman–Crippen MR) is 75.8 cm³/mol. The second kappa shape index (κ2) is 5.93. The lowest BCUT2D eigenvalue weighted by atomic mass is 10.2. The molecular weight excluding hydrogens is 305 g/mol. The number of halogens is 1. The molecule has 1 aliphatic rings. The Morgan fingerprint density at radius 3 is 3.04 bits per heavy atom. The molecule has 0 radical (unpaired) electrons. The first-order chi connectivity index (χ1) is 11.1. The van der Waals surface area contributed by atoms with E-state index in [1.54, 1.807) is 13.0 Å². The summed E-state index contributed by atoms with van der Waals surface area (Å²) in [6.07, 6.45) is 0.329. The number of amides is 1. The standard InChI is InChI=1S/C13H13FN7O2/c1-8-16-7-21(18-8)12-3-2-9(4-11(12)14)20-6-10(5-17-19-15)23-13(20)22/h2-4,7,10,15H,5-6H2,1H3/q+1/t10-/m0/s1. The molecule has 1 N–H and O–H groups in total. The minimum Gasteiger partial charge on any atom is -0.442 e. The van der Waals surface area contributed by atoms with Crippen LogP contribution in [0.15, 0.2) is 29.6 Å². The van der Waals surface area contributed by atoms with Gasteiger partial charge in [-0.1, -0.05) is 0 Å². The van der Waals surface area contributed by atoms with Crippen LogP contribution in [0.1, 0.15) is 5.82 Å². The second-order valence-corrected chi connectivity index (χ2v) is 4.91. The molecule has 0 bridgehead atoms. The Balaban J connectivity index is 1.83. The van der Waals surface area contributed by atoms with E-state index in [-0.39, 0.29) is 18.8 Å². The van der Waals surface area contributed by atoms with Crippen LogP contribution in [0.25, 0.3) is 5.69 Å². The minimum absolute atomic E-state index is 0.102. The van der Waals surface area contributed by atoms with Crippen molar-refractivity contribution in [2.24, 2.45) is 5.11 Å². The van der Waals surface area contributed by atoms with Gasteiger partial charge < -0.3 is 4.74 Å². The van der Waals surface area contributed by atoms with Crippen LogP contribution in [0.5, 0.6) is 0 Å². The van der Waals surface area contributed by atoms with Gasteiger partial charge in [-0.2, -0.15) is 5.10 Å². The number of benzene rings is 1. The van der Waals surface area contributed by atoms with Gasteiger partial charge in [0.25, 0.3) is 0 Å². The number of carbonyl (C=O) groups is 1. The number of aromatic nitrogens is 3. The molecule has 0 unspecified atom stereocenters. The first-order valence-corrected chi connectivity index (χ1v) is 6.78. The van der Waals surface area contributed by atoms with E-state index in [2.05, 4.69) is 20.1 Å². The third kappa shape index (κ3) is 2.92. The average molecular weight is 318 g/mol. The van der Waals surface area contributed by atoms with Gasteiger partial charge in [-0.15, -0.1) is 0 Å². The normalized spacial score (nSPS) is 17.0. The zero-order chi connectivity index (χ0) is 16.4. The maximum absolute atomic E-state index is 14.3. The molecule has 9 nitrogen and oxygen atoms in total. The van der Waals surface area contributed by atoms with Crippen molar-refractivity contribution in [2.45, 2.75) is 13.0 Å². The Morgan fingerprint density at radius 1 is 1.57 bits per heavy atom. The lowest BCUT2D eigenvalue weighted by Gasteiger charge is -2.13. The summed E-state index contributed by atoms with van der Waals surface area (Å²) in [6.45, 7) is 2.03. The number of hydrogen-bond donors (Lipinski definition) is 1. The van der Waals surface area contributed by atoms with Gasteiger partial charge in [0, 0.05) is 0 Å². The summed E-state index contributed by atoms with van der Waals surface area (Å²) in [4.78, 5) is 20.0. The van der Waals surface area contributed by atoms with Crippen LogP contribution in [0.4, 0.5) is 14.9 Å². The molecule has 0 spiro atoms. The van der Waals surface area contributed by atoms with Gasteiger partial charge in [0.05, 0.1) is 12.2 Å². The van der Waals surface area contributed by atoms with E-state index in [9.17, 15) is 9.18 Å². The summed E-state index contributed by atoms with van der Waals surface area (Å²) in [6, 6.07) is 4.36. The summed E-state index contributed by atoms with van der Waals surface area (Å²) in [5.74, 6) is -0.00232. The van der Waals surface area contributed by atoms with Crippen molar-refractivity contribution in [1.29, 1.82) is 5.53 Å². The first kappa shape index (κ1) is 14.8. The van der Waals surface area contributed by atoms with Crippen LogP contribution in [0, 0.1) is 18.3 Å². The number of ether oxygens (including phenoxy) is 1. The van der Waals surface area contributed by atoms with Gasteiger partial charge >= 0.3 is 6.09 Å². The van der Waals surface area contributed by atoms with Crippen LogP contribution in [-0.2, 0) is 4.74 Å². The van der Waals surface area contributed by atoms with Gasteiger partial charge in [0.2, 0.25) is 4.91 Å². The van der Waals surface area contributed by atoms with E-state index in [1.807, 2.05) is 0 Å². The lowest BCUT2D eigenvalue weighted by Crippen LogP contribution is -2.25. The molecule has 2 heterocycles. The molecule has 1 aromatic carbocycles. The number of nitrogens with zero attached hydrogens (tertiary/aromatic N) is 6. The van der Waals surface area contributed by atoms with Crippen LogP contribution in [0.2, 0.25) is 0 Å². The first-order valence-electron chi connectivity index (χ1n) is 6.78. The molecule has 1 amide bonds. The quantitative estimate of drug-likeness (QED) is 0.681. The van der Waals surface area contributed by atoms with Crippen molar-refractivity contribution < 1.29 is 13.9 Å². The Hall–Kier alpha value is -3.13. The van der Waals surface area contributed by atoms with Crippen molar-refractivity contribution in [3.8, 4) is 5.69 Å². The van der Waals surface area contributed by atoms with Crippen molar-refractivity contribution in [1.82, 2.24) is 19.7 Å². The highest BCUT2D eigenvalue weighted by Crippen LogP contribution is 2.25. The molecule has 1 atom stereocenters. The van der Waals surface area contributed by atoms with E-state index in [1.165, 1.54) is 28.0 Å². The number of rotatable bonds is 4. The molecule has 1 saturated heterocycles. The van der Waals surface area contributed by atoms with Gasteiger partial charge in [0.15, 0.2) is 12.4 Å². The fourth-order valence-electron chi connectivity index (χ4n) is 2.27. The smallest absolute Gasteiger partial charge is 0.414 e. The molecule has 0 saturated carbocycles. The third-order valence-electron chi connectivity index (χ3n) is 3.33. The number of aryl methyl sites for hydroxylation is 1. The lowest BCUT2D eigenvalue weighted by molar-refractivity contribution is 0.144. The Morgan fingerprint density at radius 2 is 2.39 bits per heavy atom. The van der Waals surface area contributed by atoms with Crippen molar-refractivity contribution in [3.05, 3.63) is 36.2 Å². The van der Waals surface area contributed by atoms with Crippen LogP contribution >= 0.6 is 0 Å². The molecule has 2 aromatic rings. The number of carbonyl (C=O) groups excluding carboxylic acids is 1. The molecule has 23 heavy (non-hydrogen) atoms.